The maximum absolute atomic E-state index is 11.1. The number of hydrogen-bond acceptors (Lipinski definition) is 3. The lowest BCUT2D eigenvalue weighted by molar-refractivity contribution is 0.102. The Kier molecular flexibility index (Phi) is 3.41. The molecule has 1 aromatic rings. The molecule has 0 saturated carbocycles. The van der Waals surface area contributed by atoms with E-state index in [1.165, 1.54) is 11.3 Å². The first-order chi connectivity index (χ1) is 6.25. The van der Waals surface area contributed by atoms with E-state index < -0.39 is 0 Å². The van der Waals surface area contributed by atoms with E-state index in [-0.39, 0.29) is 5.78 Å². The van der Waals surface area contributed by atoms with Crippen molar-refractivity contribution < 1.29 is 4.79 Å². The highest BCUT2D eigenvalue weighted by Gasteiger charge is 2.04. The first-order valence-corrected chi connectivity index (χ1v) is 4.75. The molecular weight excluding hydrogens is 182 g/mol. The van der Waals surface area contributed by atoms with Crippen LogP contribution in [0.3, 0.4) is 0 Å². The molecule has 0 aliphatic carbocycles. The van der Waals surface area contributed by atoms with E-state index in [0.29, 0.717) is 6.42 Å². The van der Waals surface area contributed by atoms with E-state index in [1.807, 2.05) is 23.6 Å². The number of carbonyl (C=O) groups is 1. The van der Waals surface area contributed by atoms with Crippen molar-refractivity contribution in [3.8, 4) is 6.07 Å². The van der Waals surface area contributed by atoms with Gasteiger partial charge in [-0.25, -0.2) is 0 Å². The van der Waals surface area contributed by atoms with Crippen LogP contribution in [-0.4, -0.2) is 5.78 Å². The average molecular weight is 191 g/mol. The molecule has 0 atom stereocenters. The summed E-state index contributed by atoms with van der Waals surface area (Å²) in [5.41, 5.74) is 0.910. The standard InChI is InChI=1S/C10H9NOS/c1-8(12)10-9(5-7-13-10)4-2-3-6-11/h2,4-5,7H,3H2,1H3. The molecular formula is C10H9NOS. The van der Waals surface area contributed by atoms with Crippen LogP contribution < -0.4 is 0 Å². The number of hydrogen-bond donors (Lipinski definition) is 0. The van der Waals surface area contributed by atoms with E-state index in [2.05, 4.69) is 0 Å². The molecule has 2 nitrogen and oxygen atoms in total. The normalized spacial score (nSPS) is 10.2. The summed E-state index contributed by atoms with van der Waals surface area (Å²) in [5.74, 6) is 0.0756. The number of nitrogens with zero attached hydrogens (tertiary/aromatic N) is 1. The molecule has 0 unspecified atom stereocenters. The van der Waals surface area contributed by atoms with E-state index >= 15 is 0 Å². The minimum absolute atomic E-state index is 0.0756. The molecule has 66 valence electrons. The van der Waals surface area contributed by atoms with Crippen LogP contribution in [0.25, 0.3) is 6.08 Å². The van der Waals surface area contributed by atoms with E-state index in [0.717, 1.165) is 10.4 Å². The Morgan fingerprint density at radius 1 is 1.77 bits per heavy atom. The molecule has 0 aliphatic rings. The molecule has 0 fully saturated rings. The second-order valence-electron chi connectivity index (χ2n) is 2.53. The van der Waals surface area contributed by atoms with Gasteiger partial charge < -0.3 is 0 Å². The maximum atomic E-state index is 11.1. The highest BCUT2D eigenvalue weighted by atomic mass is 32.1. The van der Waals surface area contributed by atoms with Crippen molar-refractivity contribution in [2.45, 2.75) is 13.3 Å². The lowest BCUT2D eigenvalue weighted by Gasteiger charge is -1.91. The van der Waals surface area contributed by atoms with Gasteiger partial charge in [-0.2, -0.15) is 5.26 Å². The van der Waals surface area contributed by atoms with Crippen molar-refractivity contribution in [3.05, 3.63) is 28.0 Å². The average Bonchev–Trinajstić information content (AvgIpc) is 2.53. The predicted molar refractivity (Wildman–Crippen MR) is 53.6 cm³/mol. The predicted octanol–water partition coefficient (Wildman–Crippen LogP) is 2.88. The molecule has 0 aliphatic heterocycles. The Balaban J connectivity index is 2.83. The fraction of sp³-hybridized carbons (Fsp3) is 0.200. The first-order valence-electron chi connectivity index (χ1n) is 3.87. The van der Waals surface area contributed by atoms with Crippen LogP contribution in [0, 0.1) is 11.3 Å². The molecule has 1 rings (SSSR count). The summed E-state index contributed by atoms with van der Waals surface area (Å²) in [4.78, 5) is 11.8. The summed E-state index contributed by atoms with van der Waals surface area (Å²) in [6, 6.07) is 3.89. The van der Waals surface area contributed by atoms with Gasteiger partial charge in [0.05, 0.1) is 17.4 Å². The Hall–Kier alpha value is -1.40. The number of rotatable bonds is 3. The van der Waals surface area contributed by atoms with Crippen molar-refractivity contribution in [2.75, 3.05) is 0 Å². The summed E-state index contributed by atoms with van der Waals surface area (Å²) in [6.45, 7) is 1.55. The number of allylic oxidation sites excluding steroid dienone is 1. The van der Waals surface area contributed by atoms with Gasteiger partial charge in [0.1, 0.15) is 0 Å². The van der Waals surface area contributed by atoms with Crippen LogP contribution in [0.4, 0.5) is 0 Å². The molecule has 0 N–H and O–H groups in total. The zero-order chi connectivity index (χ0) is 9.68. The molecule has 3 heteroatoms. The third-order valence-corrected chi connectivity index (χ3v) is 2.55. The molecule has 13 heavy (non-hydrogen) atoms. The summed E-state index contributed by atoms with van der Waals surface area (Å²) in [5, 5.41) is 10.2. The lowest BCUT2D eigenvalue weighted by atomic mass is 10.2. The van der Waals surface area contributed by atoms with Crippen molar-refractivity contribution in [3.63, 3.8) is 0 Å². The minimum atomic E-state index is 0.0756. The van der Waals surface area contributed by atoms with Crippen molar-refractivity contribution >= 4 is 23.2 Å². The van der Waals surface area contributed by atoms with Crippen molar-refractivity contribution in [2.24, 2.45) is 0 Å². The largest absolute Gasteiger partial charge is 0.294 e. The number of carbonyl (C=O) groups excluding carboxylic acids is 1. The smallest absolute Gasteiger partial charge is 0.170 e. The van der Waals surface area contributed by atoms with Crippen LogP contribution in [0.2, 0.25) is 0 Å². The molecule has 0 aromatic carbocycles. The van der Waals surface area contributed by atoms with Gasteiger partial charge in [-0.15, -0.1) is 11.3 Å². The van der Waals surface area contributed by atoms with Crippen molar-refractivity contribution in [1.82, 2.24) is 0 Å². The van der Waals surface area contributed by atoms with Gasteiger partial charge in [0, 0.05) is 0 Å². The number of nitriles is 1. The minimum Gasteiger partial charge on any atom is -0.294 e. The van der Waals surface area contributed by atoms with Crippen molar-refractivity contribution in [1.29, 1.82) is 5.26 Å². The molecule has 0 radical (unpaired) electrons. The Morgan fingerprint density at radius 2 is 2.54 bits per heavy atom. The lowest BCUT2D eigenvalue weighted by Crippen LogP contribution is -1.88. The van der Waals surface area contributed by atoms with Gasteiger partial charge in [-0.3, -0.25) is 4.79 Å². The summed E-state index contributed by atoms with van der Waals surface area (Å²) in [6.07, 6.45) is 3.96. The molecule has 0 amide bonds. The quantitative estimate of drug-likeness (QED) is 0.689. The third kappa shape index (κ3) is 2.53. The fourth-order valence-electron chi connectivity index (χ4n) is 0.975. The number of thiophene rings is 1. The van der Waals surface area contributed by atoms with Crippen LogP contribution in [0.15, 0.2) is 17.5 Å². The Morgan fingerprint density at radius 3 is 3.15 bits per heavy atom. The summed E-state index contributed by atoms with van der Waals surface area (Å²) < 4.78 is 0. The monoisotopic (exact) mass is 191 g/mol. The fourth-order valence-corrected chi connectivity index (χ4v) is 1.76. The molecule has 1 heterocycles. The van der Waals surface area contributed by atoms with Gasteiger partial charge in [0.2, 0.25) is 0 Å². The molecule has 0 saturated heterocycles. The van der Waals surface area contributed by atoms with E-state index in [4.69, 9.17) is 5.26 Å². The molecule has 0 bridgehead atoms. The van der Waals surface area contributed by atoms with Gasteiger partial charge in [0.15, 0.2) is 5.78 Å². The van der Waals surface area contributed by atoms with Gasteiger partial charge in [-0.1, -0.05) is 12.2 Å². The molecule has 0 spiro atoms. The van der Waals surface area contributed by atoms with E-state index in [9.17, 15) is 4.79 Å². The van der Waals surface area contributed by atoms with Gasteiger partial charge in [-0.05, 0) is 23.9 Å². The van der Waals surface area contributed by atoms with Gasteiger partial charge >= 0.3 is 0 Å². The van der Waals surface area contributed by atoms with Gasteiger partial charge in [0.25, 0.3) is 0 Å². The summed E-state index contributed by atoms with van der Waals surface area (Å²) >= 11 is 1.43. The third-order valence-electron chi connectivity index (χ3n) is 1.52. The zero-order valence-corrected chi connectivity index (χ0v) is 8.10. The van der Waals surface area contributed by atoms with Crippen LogP contribution in [0.5, 0.6) is 0 Å². The zero-order valence-electron chi connectivity index (χ0n) is 7.28. The second-order valence-corrected chi connectivity index (χ2v) is 3.44. The summed E-state index contributed by atoms with van der Waals surface area (Å²) in [7, 11) is 0. The highest BCUT2D eigenvalue weighted by Crippen LogP contribution is 2.18. The topological polar surface area (TPSA) is 40.9 Å². The Labute approximate surface area is 81.1 Å². The second kappa shape index (κ2) is 4.58. The van der Waals surface area contributed by atoms with Crippen LogP contribution >= 0.6 is 11.3 Å². The molecule has 1 aromatic heterocycles. The van der Waals surface area contributed by atoms with E-state index in [1.54, 1.807) is 13.0 Å². The maximum Gasteiger partial charge on any atom is 0.170 e. The first kappa shape index (κ1) is 9.69. The number of ketones is 1. The Bertz CT molecular complexity index is 371. The highest BCUT2D eigenvalue weighted by molar-refractivity contribution is 7.12. The van der Waals surface area contributed by atoms with Crippen LogP contribution in [-0.2, 0) is 0 Å². The SMILES string of the molecule is CC(=O)c1sccc1C=CCC#N. The van der Waals surface area contributed by atoms with Crippen LogP contribution in [0.1, 0.15) is 28.6 Å². The number of Topliss-reactive ketones (excluding diaryl/α,β-unsaturated/α-hetero) is 1.